The van der Waals surface area contributed by atoms with Crippen LogP contribution in [0.3, 0.4) is 0 Å². The minimum Gasteiger partial charge on any atom is -0.490 e. The number of anilines is 1. The van der Waals surface area contributed by atoms with Gasteiger partial charge in [0.05, 0.1) is 0 Å². The Kier molecular flexibility index (Phi) is 7.53. The van der Waals surface area contributed by atoms with E-state index in [1.807, 2.05) is 0 Å². The van der Waals surface area contributed by atoms with Gasteiger partial charge in [0.2, 0.25) is 5.91 Å². The lowest BCUT2D eigenvalue weighted by molar-refractivity contribution is -0.142. The molecule has 0 radical (unpaired) electrons. The molecule has 2 aromatic carbocycles. The number of carbonyl (C=O) groups excluding carboxylic acids is 3. The minimum atomic E-state index is -0.647. The third-order valence-electron chi connectivity index (χ3n) is 3.46. The van der Waals surface area contributed by atoms with Crippen LogP contribution in [0, 0.1) is 0 Å². The molecule has 0 saturated heterocycles. The average molecular weight is 380 g/mol. The smallest absolute Gasteiger partial charge is 0.331 e. The van der Waals surface area contributed by atoms with Gasteiger partial charge in [-0.05, 0) is 48.0 Å². The van der Waals surface area contributed by atoms with Crippen LogP contribution in [0.1, 0.15) is 15.9 Å². The lowest BCUT2D eigenvalue weighted by atomic mass is 10.2. The minimum absolute atomic E-state index is 0.329. The van der Waals surface area contributed by atoms with Crippen LogP contribution in [0.4, 0.5) is 5.69 Å². The first-order valence-electron chi connectivity index (χ1n) is 8.36. The highest BCUT2D eigenvalue weighted by Crippen LogP contribution is 2.13. The molecule has 0 aliphatic carbocycles. The largest absolute Gasteiger partial charge is 0.490 e. The number of nitrogens with two attached hydrogens (primary N) is 1. The van der Waals surface area contributed by atoms with Crippen molar-refractivity contribution in [3.8, 4) is 5.75 Å². The van der Waals surface area contributed by atoms with Crippen molar-refractivity contribution < 1.29 is 23.9 Å². The van der Waals surface area contributed by atoms with Crippen molar-refractivity contribution in [2.45, 2.75) is 0 Å². The van der Waals surface area contributed by atoms with E-state index >= 15 is 0 Å². The van der Waals surface area contributed by atoms with Gasteiger partial charge < -0.3 is 20.5 Å². The zero-order valence-corrected chi connectivity index (χ0v) is 15.1. The number of benzene rings is 2. The SMILES string of the molecule is C=CCOc1ccc(/C=C/C(=O)OCC(=O)Nc2ccc(C(N)=O)cc2)cc1. The van der Waals surface area contributed by atoms with Gasteiger partial charge >= 0.3 is 5.97 Å². The van der Waals surface area contributed by atoms with Crippen LogP contribution in [0.15, 0.2) is 67.3 Å². The summed E-state index contributed by atoms with van der Waals surface area (Å²) in [6.07, 6.45) is 4.45. The first-order valence-corrected chi connectivity index (χ1v) is 8.36. The van der Waals surface area contributed by atoms with Crippen molar-refractivity contribution >= 4 is 29.5 Å². The summed E-state index contributed by atoms with van der Waals surface area (Å²) in [4.78, 5) is 34.5. The summed E-state index contributed by atoms with van der Waals surface area (Å²) in [5.41, 5.74) is 6.71. The molecule has 2 rings (SSSR count). The molecule has 0 aliphatic rings. The Morgan fingerprint density at radius 3 is 2.32 bits per heavy atom. The van der Waals surface area contributed by atoms with E-state index in [0.29, 0.717) is 23.6 Å². The first-order chi connectivity index (χ1) is 13.5. The fourth-order valence-corrected chi connectivity index (χ4v) is 2.09. The molecule has 0 heterocycles. The van der Waals surface area contributed by atoms with Crippen molar-refractivity contribution in [1.29, 1.82) is 0 Å². The monoisotopic (exact) mass is 380 g/mol. The van der Waals surface area contributed by atoms with Gasteiger partial charge in [0.15, 0.2) is 6.61 Å². The molecule has 2 aromatic rings. The zero-order chi connectivity index (χ0) is 20.4. The van der Waals surface area contributed by atoms with Crippen molar-refractivity contribution in [3.63, 3.8) is 0 Å². The van der Waals surface area contributed by atoms with Crippen molar-refractivity contribution in [2.75, 3.05) is 18.5 Å². The fourth-order valence-electron chi connectivity index (χ4n) is 2.09. The van der Waals surface area contributed by atoms with Crippen LogP contribution in [-0.4, -0.2) is 31.0 Å². The second-order valence-corrected chi connectivity index (χ2v) is 5.60. The van der Waals surface area contributed by atoms with E-state index in [2.05, 4.69) is 11.9 Å². The van der Waals surface area contributed by atoms with Crippen LogP contribution in [-0.2, 0) is 14.3 Å². The number of primary amides is 1. The van der Waals surface area contributed by atoms with Crippen molar-refractivity contribution in [1.82, 2.24) is 0 Å². The van der Waals surface area contributed by atoms with E-state index in [9.17, 15) is 14.4 Å². The Balaban J connectivity index is 1.77. The highest BCUT2D eigenvalue weighted by Gasteiger charge is 2.06. The molecular formula is C21H20N2O5. The van der Waals surface area contributed by atoms with Gasteiger partial charge in [0.1, 0.15) is 12.4 Å². The molecule has 0 saturated carbocycles. The Bertz CT molecular complexity index is 871. The molecule has 0 atom stereocenters. The fraction of sp³-hybridized carbons (Fsp3) is 0.0952. The normalized spacial score (nSPS) is 10.3. The number of rotatable bonds is 9. The van der Waals surface area contributed by atoms with Crippen LogP contribution in [0.2, 0.25) is 0 Å². The topological polar surface area (TPSA) is 108 Å². The summed E-state index contributed by atoms with van der Waals surface area (Å²) in [5, 5.41) is 2.55. The molecule has 0 aromatic heterocycles. The van der Waals surface area contributed by atoms with Gasteiger partial charge in [-0.3, -0.25) is 9.59 Å². The molecule has 0 spiro atoms. The zero-order valence-electron chi connectivity index (χ0n) is 15.1. The molecule has 0 aliphatic heterocycles. The highest BCUT2D eigenvalue weighted by molar-refractivity contribution is 5.96. The maximum absolute atomic E-state index is 11.8. The van der Waals surface area contributed by atoms with Crippen molar-refractivity contribution in [3.05, 3.63) is 78.4 Å². The number of esters is 1. The van der Waals surface area contributed by atoms with Gasteiger partial charge in [-0.2, -0.15) is 0 Å². The number of carbonyl (C=O) groups is 3. The third-order valence-corrected chi connectivity index (χ3v) is 3.46. The van der Waals surface area contributed by atoms with E-state index in [0.717, 1.165) is 5.56 Å². The van der Waals surface area contributed by atoms with Gasteiger partial charge in [-0.25, -0.2) is 4.79 Å². The molecule has 28 heavy (non-hydrogen) atoms. The number of hydrogen-bond donors (Lipinski definition) is 2. The summed E-state index contributed by atoms with van der Waals surface area (Å²) < 4.78 is 10.3. The number of amides is 2. The van der Waals surface area contributed by atoms with Gasteiger partial charge in [-0.1, -0.05) is 24.8 Å². The van der Waals surface area contributed by atoms with E-state index < -0.39 is 24.4 Å². The maximum atomic E-state index is 11.8. The van der Waals surface area contributed by atoms with E-state index in [1.165, 1.54) is 30.3 Å². The van der Waals surface area contributed by atoms with Crippen LogP contribution in [0.5, 0.6) is 5.75 Å². The summed E-state index contributed by atoms with van der Waals surface area (Å²) >= 11 is 0. The summed E-state index contributed by atoms with van der Waals surface area (Å²) in [6.45, 7) is 3.55. The average Bonchev–Trinajstić information content (AvgIpc) is 2.70. The molecule has 7 heteroatoms. The van der Waals surface area contributed by atoms with Crippen LogP contribution >= 0.6 is 0 Å². The molecule has 7 nitrogen and oxygen atoms in total. The quantitative estimate of drug-likeness (QED) is 0.395. The molecule has 0 bridgehead atoms. The summed E-state index contributed by atoms with van der Waals surface area (Å²) in [7, 11) is 0. The van der Waals surface area contributed by atoms with Crippen molar-refractivity contribution in [2.24, 2.45) is 5.73 Å². The molecule has 2 amide bonds. The number of ether oxygens (including phenoxy) is 2. The third kappa shape index (κ3) is 6.80. The number of nitrogens with one attached hydrogen (secondary N) is 1. The second-order valence-electron chi connectivity index (χ2n) is 5.60. The predicted octanol–water partition coefficient (Wildman–Crippen LogP) is 2.55. The molecule has 144 valence electrons. The Labute approximate surface area is 162 Å². The standard InChI is InChI=1S/C21H20N2O5/c1-2-13-27-18-10-3-15(4-11-18)5-12-20(25)28-14-19(24)23-17-8-6-16(7-9-17)21(22)26/h2-12H,1,13-14H2,(H2,22,26)(H,23,24)/b12-5+. The lowest BCUT2D eigenvalue weighted by Gasteiger charge is -2.06. The van der Waals surface area contributed by atoms with E-state index in [-0.39, 0.29) is 0 Å². The molecule has 0 fully saturated rings. The molecule has 3 N–H and O–H groups in total. The van der Waals surface area contributed by atoms with Gasteiger partial charge in [0, 0.05) is 17.3 Å². The van der Waals surface area contributed by atoms with Gasteiger partial charge in [-0.15, -0.1) is 0 Å². The summed E-state index contributed by atoms with van der Waals surface area (Å²) in [5.74, 6) is -1.01. The van der Waals surface area contributed by atoms with Gasteiger partial charge in [0.25, 0.3) is 5.91 Å². The van der Waals surface area contributed by atoms with E-state index in [4.69, 9.17) is 15.2 Å². The maximum Gasteiger partial charge on any atom is 0.331 e. The predicted molar refractivity (Wildman–Crippen MR) is 106 cm³/mol. The summed E-state index contributed by atoms with van der Waals surface area (Å²) in [6, 6.07) is 13.1. The molecule has 0 unspecified atom stereocenters. The Morgan fingerprint density at radius 2 is 1.71 bits per heavy atom. The van der Waals surface area contributed by atoms with Crippen LogP contribution in [0.25, 0.3) is 6.08 Å². The number of hydrogen-bond acceptors (Lipinski definition) is 5. The second kappa shape index (κ2) is 10.3. The highest BCUT2D eigenvalue weighted by atomic mass is 16.5. The first kappa shape index (κ1) is 20.4. The lowest BCUT2D eigenvalue weighted by Crippen LogP contribution is -2.20. The van der Waals surface area contributed by atoms with Crippen LogP contribution < -0.4 is 15.8 Å². The Morgan fingerprint density at radius 1 is 1.04 bits per heavy atom. The Hall–Kier alpha value is -3.87. The molecular weight excluding hydrogens is 360 g/mol. The van der Waals surface area contributed by atoms with E-state index in [1.54, 1.807) is 36.4 Å².